The largest absolute Gasteiger partial charge is 0.368 e. The van der Waals surface area contributed by atoms with Crippen molar-refractivity contribution in [1.29, 1.82) is 0 Å². The lowest BCUT2D eigenvalue weighted by Gasteiger charge is -2.36. The van der Waals surface area contributed by atoms with E-state index < -0.39 is 0 Å². The zero-order valence-corrected chi connectivity index (χ0v) is 13.2. The first-order valence-corrected chi connectivity index (χ1v) is 7.81. The topological polar surface area (TPSA) is 23.6 Å². The average molecular weight is 294 g/mol. The Hall–Kier alpha value is -2.29. The number of aryl methyl sites for hydroxylation is 2. The molecule has 1 aliphatic rings. The highest BCUT2D eigenvalue weighted by atomic mass is 16.2. The molecule has 1 fully saturated rings. The van der Waals surface area contributed by atoms with Gasteiger partial charge < -0.3 is 9.80 Å². The van der Waals surface area contributed by atoms with E-state index in [0.29, 0.717) is 0 Å². The molecule has 0 N–H and O–H groups in total. The van der Waals surface area contributed by atoms with Crippen LogP contribution in [-0.4, -0.2) is 37.0 Å². The maximum Gasteiger partial charge on any atom is 0.254 e. The van der Waals surface area contributed by atoms with E-state index >= 15 is 0 Å². The van der Waals surface area contributed by atoms with E-state index in [1.807, 2.05) is 30.0 Å². The number of rotatable bonds is 2. The summed E-state index contributed by atoms with van der Waals surface area (Å²) in [5.41, 5.74) is 4.33. The normalized spacial score (nSPS) is 15.0. The zero-order chi connectivity index (χ0) is 15.5. The van der Waals surface area contributed by atoms with E-state index in [-0.39, 0.29) is 5.91 Å². The van der Waals surface area contributed by atoms with Crippen LogP contribution in [0.15, 0.2) is 48.5 Å². The second-order valence-corrected chi connectivity index (χ2v) is 5.93. The third kappa shape index (κ3) is 2.98. The Morgan fingerprint density at radius 1 is 0.909 bits per heavy atom. The van der Waals surface area contributed by atoms with Crippen LogP contribution in [0.2, 0.25) is 0 Å². The van der Waals surface area contributed by atoms with Gasteiger partial charge in [-0.3, -0.25) is 4.79 Å². The van der Waals surface area contributed by atoms with E-state index in [0.717, 1.165) is 37.3 Å². The molecule has 0 aromatic heterocycles. The van der Waals surface area contributed by atoms with Crippen LogP contribution >= 0.6 is 0 Å². The van der Waals surface area contributed by atoms with Crippen molar-refractivity contribution in [1.82, 2.24) is 4.90 Å². The van der Waals surface area contributed by atoms with Crippen LogP contribution in [0.1, 0.15) is 21.5 Å². The second kappa shape index (κ2) is 6.22. The quantitative estimate of drug-likeness (QED) is 0.848. The van der Waals surface area contributed by atoms with Crippen molar-refractivity contribution in [3.63, 3.8) is 0 Å². The number of amides is 1. The van der Waals surface area contributed by atoms with Gasteiger partial charge in [0, 0.05) is 37.4 Å². The van der Waals surface area contributed by atoms with E-state index in [1.165, 1.54) is 11.3 Å². The van der Waals surface area contributed by atoms with Gasteiger partial charge in [-0.25, -0.2) is 0 Å². The molecule has 2 aromatic rings. The molecule has 0 aliphatic carbocycles. The minimum atomic E-state index is 0.158. The summed E-state index contributed by atoms with van der Waals surface area (Å²) in [5, 5.41) is 0. The van der Waals surface area contributed by atoms with Crippen molar-refractivity contribution in [3.05, 3.63) is 65.2 Å². The molecule has 3 rings (SSSR count). The first-order valence-electron chi connectivity index (χ1n) is 7.81. The molecule has 0 atom stereocenters. The van der Waals surface area contributed by atoms with Gasteiger partial charge in [-0.05, 0) is 37.6 Å². The third-order valence-electron chi connectivity index (χ3n) is 4.30. The molecule has 0 radical (unpaired) electrons. The zero-order valence-electron chi connectivity index (χ0n) is 13.2. The number of benzene rings is 2. The summed E-state index contributed by atoms with van der Waals surface area (Å²) >= 11 is 0. The number of carbonyl (C=O) groups excluding carboxylic acids is 1. The lowest BCUT2D eigenvalue weighted by atomic mass is 10.0. The Morgan fingerprint density at radius 3 is 2.23 bits per heavy atom. The molecule has 0 unspecified atom stereocenters. The van der Waals surface area contributed by atoms with Crippen molar-refractivity contribution in [3.8, 4) is 0 Å². The molecule has 1 saturated heterocycles. The highest BCUT2D eigenvalue weighted by molar-refractivity contribution is 5.95. The maximum atomic E-state index is 12.7. The monoisotopic (exact) mass is 294 g/mol. The number of anilines is 1. The third-order valence-corrected chi connectivity index (χ3v) is 4.30. The van der Waals surface area contributed by atoms with Crippen molar-refractivity contribution >= 4 is 11.6 Å². The van der Waals surface area contributed by atoms with E-state index in [4.69, 9.17) is 0 Å². The fourth-order valence-electron chi connectivity index (χ4n) is 3.03. The highest BCUT2D eigenvalue weighted by Crippen LogP contribution is 2.18. The van der Waals surface area contributed by atoms with Gasteiger partial charge in [-0.15, -0.1) is 0 Å². The van der Waals surface area contributed by atoms with E-state index in [9.17, 15) is 4.79 Å². The van der Waals surface area contributed by atoms with Gasteiger partial charge in [0.1, 0.15) is 0 Å². The Labute approximate surface area is 132 Å². The molecule has 22 heavy (non-hydrogen) atoms. The predicted molar refractivity (Wildman–Crippen MR) is 90.5 cm³/mol. The average Bonchev–Trinajstić information content (AvgIpc) is 2.55. The van der Waals surface area contributed by atoms with Crippen molar-refractivity contribution in [2.24, 2.45) is 0 Å². The summed E-state index contributed by atoms with van der Waals surface area (Å²) in [4.78, 5) is 17.0. The number of para-hydroxylation sites is 1. The molecule has 1 heterocycles. The van der Waals surface area contributed by atoms with Crippen molar-refractivity contribution < 1.29 is 4.79 Å². The molecular formula is C19H22N2O. The Balaban J connectivity index is 1.67. The van der Waals surface area contributed by atoms with Gasteiger partial charge >= 0.3 is 0 Å². The molecule has 3 heteroatoms. The summed E-state index contributed by atoms with van der Waals surface area (Å²) < 4.78 is 0. The number of hydrogen-bond donors (Lipinski definition) is 0. The van der Waals surface area contributed by atoms with Crippen LogP contribution in [0.5, 0.6) is 0 Å². The lowest BCUT2D eigenvalue weighted by molar-refractivity contribution is 0.0746. The Bertz CT molecular complexity index is 658. The molecule has 1 aliphatic heterocycles. The molecule has 3 nitrogen and oxygen atoms in total. The minimum Gasteiger partial charge on any atom is -0.368 e. The standard InChI is InChI=1S/C19H22N2O/c1-15-8-9-18(16(2)14-15)19(22)21-12-10-20(11-13-21)17-6-4-3-5-7-17/h3-9,14H,10-13H2,1-2H3. The minimum absolute atomic E-state index is 0.158. The molecule has 0 spiro atoms. The van der Waals surface area contributed by atoms with Gasteiger partial charge in [0.2, 0.25) is 0 Å². The molecule has 0 saturated carbocycles. The molecule has 1 amide bonds. The molecule has 2 aromatic carbocycles. The molecule has 0 bridgehead atoms. The SMILES string of the molecule is Cc1ccc(C(=O)N2CCN(c3ccccc3)CC2)c(C)c1. The highest BCUT2D eigenvalue weighted by Gasteiger charge is 2.23. The van der Waals surface area contributed by atoms with Gasteiger partial charge in [0.05, 0.1) is 0 Å². The summed E-state index contributed by atoms with van der Waals surface area (Å²) in [6, 6.07) is 16.4. The van der Waals surface area contributed by atoms with Crippen LogP contribution in [0, 0.1) is 13.8 Å². The maximum absolute atomic E-state index is 12.7. The molecule has 114 valence electrons. The van der Waals surface area contributed by atoms with E-state index in [2.05, 4.69) is 42.2 Å². The number of piperazine rings is 1. The number of carbonyl (C=O) groups is 1. The summed E-state index contributed by atoms with van der Waals surface area (Å²) in [7, 11) is 0. The van der Waals surface area contributed by atoms with Crippen LogP contribution < -0.4 is 4.90 Å². The van der Waals surface area contributed by atoms with Crippen molar-refractivity contribution in [2.75, 3.05) is 31.1 Å². The molecular weight excluding hydrogens is 272 g/mol. The Kier molecular flexibility index (Phi) is 4.14. The number of nitrogens with zero attached hydrogens (tertiary/aromatic N) is 2. The Morgan fingerprint density at radius 2 is 1.59 bits per heavy atom. The van der Waals surface area contributed by atoms with Crippen LogP contribution in [0.25, 0.3) is 0 Å². The van der Waals surface area contributed by atoms with Gasteiger partial charge in [-0.2, -0.15) is 0 Å². The number of hydrogen-bond acceptors (Lipinski definition) is 2. The van der Waals surface area contributed by atoms with Gasteiger partial charge in [-0.1, -0.05) is 35.9 Å². The predicted octanol–water partition coefficient (Wildman–Crippen LogP) is 3.27. The summed E-state index contributed by atoms with van der Waals surface area (Å²) in [5.74, 6) is 0.158. The van der Waals surface area contributed by atoms with Crippen LogP contribution in [-0.2, 0) is 0 Å². The lowest BCUT2D eigenvalue weighted by Crippen LogP contribution is -2.48. The van der Waals surface area contributed by atoms with Gasteiger partial charge in [0.15, 0.2) is 0 Å². The fourth-order valence-corrected chi connectivity index (χ4v) is 3.03. The summed E-state index contributed by atoms with van der Waals surface area (Å²) in [6.07, 6.45) is 0. The summed E-state index contributed by atoms with van der Waals surface area (Å²) in [6.45, 7) is 7.41. The fraction of sp³-hybridized carbons (Fsp3) is 0.316. The van der Waals surface area contributed by atoms with Crippen molar-refractivity contribution in [2.45, 2.75) is 13.8 Å². The van der Waals surface area contributed by atoms with Crippen LogP contribution in [0.3, 0.4) is 0 Å². The first-order chi connectivity index (χ1) is 10.6. The van der Waals surface area contributed by atoms with Gasteiger partial charge in [0.25, 0.3) is 5.91 Å². The van der Waals surface area contributed by atoms with E-state index in [1.54, 1.807) is 0 Å². The smallest absolute Gasteiger partial charge is 0.254 e. The first kappa shape index (κ1) is 14.6. The second-order valence-electron chi connectivity index (χ2n) is 5.93. The van der Waals surface area contributed by atoms with Crippen LogP contribution in [0.4, 0.5) is 5.69 Å².